The quantitative estimate of drug-likeness (QED) is 0.514. The zero-order valence-corrected chi connectivity index (χ0v) is 8.31. The highest BCUT2D eigenvalue weighted by Crippen LogP contribution is 2.20. The van der Waals surface area contributed by atoms with E-state index in [1.165, 1.54) is 16.7 Å². The Hall–Kier alpha value is -1.00. The Balaban J connectivity index is 3.14. The molecule has 0 saturated carbocycles. The highest BCUT2D eigenvalue weighted by atomic mass is 14.1. The smallest absolute Gasteiger partial charge is 0.0168 e. The third-order valence-electron chi connectivity index (χ3n) is 2.07. The lowest BCUT2D eigenvalue weighted by atomic mass is 9.97. The molecule has 0 unspecified atom stereocenters. The van der Waals surface area contributed by atoms with E-state index in [1.54, 1.807) is 0 Å². The zero-order chi connectivity index (χ0) is 9.14. The fourth-order valence-electron chi connectivity index (χ4n) is 1.40. The standard InChI is InChI=1S/C12H16/c1-9(2)12-8-10(3)6-5-7-11(12)4/h6-9H,1-4H3. The van der Waals surface area contributed by atoms with Crippen LogP contribution in [0.1, 0.15) is 27.7 Å². The second-order valence-corrected chi connectivity index (χ2v) is 3.64. The highest BCUT2D eigenvalue weighted by Gasteiger charge is 2.04. The third kappa shape index (κ3) is 1.99. The average Bonchev–Trinajstić information content (AvgIpc) is 2.13. The van der Waals surface area contributed by atoms with Crippen molar-refractivity contribution >= 4 is 0 Å². The molecule has 0 bridgehead atoms. The Morgan fingerprint density at radius 3 is 2.42 bits per heavy atom. The van der Waals surface area contributed by atoms with Gasteiger partial charge in [0.2, 0.25) is 0 Å². The van der Waals surface area contributed by atoms with E-state index in [-0.39, 0.29) is 0 Å². The minimum absolute atomic E-state index is 0.601. The molecule has 0 aliphatic heterocycles. The Morgan fingerprint density at radius 1 is 1.17 bits per heavy atom. The van der Waals surface area contributed by atoms with Gasteiger partial charge in [-0.3, -0.25) is 0 Å². The van der Waals surface area contributed by atoms with Gasteiger partial charge in [0, 0.05) is 0 Å². The van der Waals surface area contributed by atoms with Crippen LogP contribution in [0.5, 0.6) is 0 Å². The van der Waals surface area contributed by atoms with Gasteiger partial charge in [-0.15, -0.1) is 5.73 Å². The van der Waals surface area contributed by atoms with Crippen molar-refractivity contribution in [2.45, 2.75) is 27.7 Å². The Morgan fingerprint density at radius 2 is 1.83 bits per heavy atom. The molecule has 0 aromatic rings. The fraction of sp³-hybridized carbons (Fsp3) is 0.417. The van der Waals surface area contributed by atoms with Crippen molar-refractivity contribution in [3.8, 4) is 0 Å². The summed E-state index contributed by atoms with van der Waals surface area (Å²) < 4.78 is 0. The molecule has 0 spiro atoms. The first-order valence-electron chi connectivity index (χ1n) is 4.43. The minimum Gasteiger partial charge on any atom is -0.120 e. The first-order chi connectivity index (χ1) is 5.61. The molecule has 64 valence electrons. The van der Waals surface area contributed by atoms with Gasteiger partial charge in [-0.2, -0.15) is 0 Å². The van der Waals surface area contributed by atoms with E-state index in [0.29, 0.717) is 5.92 Å². The predicted molar refractivity (Wildman–Crippen MR) is 53.9 cm³/mol. The van der Waals surface area contributed by atoms with Gasteiger partial charge < -0.3 is 0 Å². The molecule has 0 aromatic heterocycles. The molecule has 0 heteroatoms. The first kappa shape index (κ1) is 9.09. The predicted octanol–water partition coefficient (Wildman–Crippen LogP) is 3.63. The summed E-state index contributed by atoms with van der Waals surface area (Å²) in [7, 11) is 0. The summed E-state index contributed by atoms with van der Waals surface area (Å²) in [6, 6.07) is 0. The Labute approximate surface area is 75.0 Å². The van der Waals surface area contributed by atoms with Crippen molar-refractivity contribution in [2.75, 3.05) is 0 Å². The maximum atomic E-state index is 3.16. The SMILES string of the molecule is CC1=CC(C(C)C)=C(C)C=C=C1. The van der Waals surface area contributed by atoms with Gasteiger partial charge in [0.1, 0.15) is 0 Å². The van der Waals surface area contributed by atoms with Gasteiger partial charge in [0.25, 0.3) is 0 Å². The molecule has 0 atom stereocenters. The molecular weight excluding hydrogens is 144 g/mol. The second kappa shape index (κ2) is 3.60. The lowest BCUT2D eigenvalue weighted by molar-refractivity contribution is 0.782. The molecule has 0 heterocycles. The topological polar surface area (TPSA) is 0 Å². The summed E-state index contributed by atoms with van der Waals surface area (Å²) in [5.74, 6) is 0.601. The van der Waals surface area contributed by atoms with Gasteiger partial charge in [0.15, 0.2) is 0 Å². The number of hydrogen-bond donors (Lipinski definition) is 0. The zero-order valence-electron chi connectivity index (χ0n) is 8.31. The van der Waals surface area contributed by atoms with Crippen molar-refractivity contribution in [1.29, 1.82) is 0 Å². The number of hydrogen-bond acceptors (Lipinski definition) is 0. The second-order valence-electron chi connectivity index (χ2n) is 3.64. The van der Waals surface area contributed by atoms with Crippen molar-refractivity contribution in [3.05, 3.63) is 40.7 Å². The lowest BCUT2D eigenvalue weighted by Crippen LogP contribution is -1.93. The Bertz CT molecular complexity index is 292. The van der Waals surface area contributed by atoms with Crippen LogP contribution in [-0.4, -0.2) is 0 Å². The van der Waals surface area contributed by atoms with Crippen LogP contribution in [0.15, 0.2) is 40.7 Å². The van der Waals surface area contributed by atoms with Crippen LogP contribution in [0.3, 0.4) is 0 Å². The van der Waals surface area contributed by atoms with Gasteiger partial charge in [-0.1, -0.05) is 19.9 Å². The molecule has 0 nitrogen and oxygen atoms in total. The van der Waals surface area contributed by atoms with Gasteiger partial charge in [-0.05, 0) is 48.6 Å². The molecule has 1 aliphatic rings. The van der Waals surface area contributed by atoms with Crippen molar-refractivity contribution in [1.82, 2.24) is 0 Å². The molecule has 0 aromatic carbocycles. The lowest BCUT2D eigenvalue weighted by Gasteiger charge is -2.08. The summed E-state index contributed by atoms with van der Waals surface area (Å²) >= 11 is 0. The number of allylic oxidation sites excluding steroid dienone is 5. The molecule has 1 rings (SSSR count). The summed E-state index contributed by atoms with van der Waals surface area (Å²) in [5.41, 5.74) is 7.20. The van der Waals surface area contributed by atoms with Gasteiger partial charge in [0.05, 0.1) is 0 Å². The van der Waals surface area contributed by atoms with Crippen LogP contribution in [-0.2, 0) is 0 Å². The molecular formula is C12H16. The first-order valence-corrected chi connectivity index (χ1v) is 4.43. The molecule has 12 heavy (non-hydrogen) atoms. The number of rotatable bonds is 1. The molecule has 0 saturated heterocycles. The summed E-state index contributed by atoms with van der Waals surface area (Å²) in [5, 5.41) is 0. The largest absolute Gasteiger partial charge is 0.120 e. The minimum atomic E-state index is 0.601. The van der Waals surface area contributed by atoms with Crippen LogP contribution in [0.4, 0.5) is 0 Å². The van der Waals surface area contributed by atoms with Crippen molar-refractivity contribution < 1.29 is 0 Å². The molecule has 0 fully saturated rings. The van der Waals surface area contributed by atoms with E-state index in [1.807, 2.05) is 6.08 Å². The van der Waals surface area contributed by atoms with E-state index < -0.39 is 0 Å². The summed E-state index contributed by atoms with van der Waals surface area (Å²) in [6.07, 6.45) is 6.33. The van der Waals surface area contributed by atoms with Crippen LogP contribution in [0, 0.1) is 5.92 Å². The Kier molecular flexibility index (Phi) is 2.73. The van der Waals surface area contributed by atoms with Crippen LogP contribution < -0.4 is 0 Å². The van der Waals surface area contributed by atoms with E-state index in [2.05, 4.69) is 45.6 Å². The molecule has 0 amide bonds. The van der Waals surface area contributed by atoms with E-state index in [0.717, 1.165) is 0 Å². The maximum absolute atomic E-state index is 3.16. The van der Waals surface area contributed by atoms with Crippen molar-refractivity contribution in [3.63, 3.8) is 0 Å². The molecule has 0 radical (unpaired) electrons. The van der Waals surface area contributed by atoms with Gasteiger partial charge >= 0.3 is 0 Å². The van der Waals surface area contributed by atoms with Gasteiger partial charge in [-0.25, -0.2) is 0 Å². The van der Waals surface area contributed by atoms with Crippen molar-refractivity contribution in [2.24, 2.45) is 5.92 Å². The molecule has 0 N–H and O–H groups in total. The average molecular weight is 160 g/mol. The fourth-order valence-corrected chi connectivity index (χ4v) is 1.40. The molecule has 1 aliphatic carbocycles. The van der Waals surface area contributed by atoms with Crippen LogP contribution >= 0.6 is 0 Å². The van der Waals surface area contributed by atoms with Crippen LogP contribution in [0.2, 0.25) is 0 Å². The summed E-state index contributed by atoms with van der Waals surface area (Å²) in [6.45, 7) is 8.70. The van der Waals surface area contributed by atoms with Crippen LogP contribution in [0.25, 0.3) is 0 Å². The van der Waals surface area contributed by atoms with E-state index >= 15 is 0 Å². The summed E-state index contributed by atoms with van der Waals surface area (Å²) in [4.78, 5) is 0. The monoisotopic (exact) mass is 160 g/mol. The maximum Gasteiger partial charge on any atom is -0.0168 e. The van der Waals surface area contributed by atoms with E-state index in [4.69, 9.17) is 0 Å². The third-order valence-corrected chi connectivity index (χ3v) is 2.07. The van der Waals surface area contributed by atoms with E-state index in [9.17, 15) is 0 Å². The highest BCUT2D eigenvalue weighted by molar-refractivity contribution is 5.40. The normalized spacial score (nSPS) is 16.9.